The summed E-state index contributed by atoms with van der Waals surface area (Å²) in [5, 5.41) is 2.95. The van der Waals surface area contributed by atoms with E-state index in [2.05, 4.69) is 5.32 Å². The molecule has 3 rings (SSSR count). The van der Waals surface area contributed by atoms with Crippen molar-refractivity contribution in [1.82, 2.24) is 10.2 Å². The van der Waals surface area contributed by atoms with E-state index < -0.39 is 0 Å². The van der Waals surface area contributed by atoms with E-state index >= 15 is 0 Å². The molecular weight excluding hydrogens is 296 g/mol. The second-order valence-corrected chi connectivity index (χ2v) is 6.04. The Bertz CT molecular complexity index is 543. The van der Waals surface area contributed by atoms with E-state index in [1.807, 2.05) is 25.2 Å². The monoisotopic (exact) mass is 320 g/mol. The number of hydrogen-bond donors (Lipinski definition) is 1. The molecule has 2 aliphatic rings. The Hall–Kier alpha value is -1.95. The van der Waals surface area contributed by atoms with Gasteiger partial charge in [-0.2, -0.15) is 0 Å². The number of amides is 2. The first-order chi connectivity index (χ1) is 11.2. The SMILES string of the molecule is CN(CC1CCCCO1)C(=O)NCCc1ccc2c(c1)OCO2. The van der Waals surface area contributed by atoms with Gasteiger partial charge < -0.3 is 24.4 Å². The fourth-order valence-corrected chi connectivity index (χ4v) is 2.88. The van der Waals surface area contributed by atoms with Crippen molar-refractivity contribution in [2.24, 2.45) is 0 Å². The number of likely N-dealkylation sites (N-methyl/N-ethyl adjacent to an activating group) is 1. The molecule has 0 radical (unpaired) electrons. The van der Waals surface area contributed by atoms with Crippen LogP contribution < -0.4 is 14.8 Å². The number of urea groups is 1. The topological polar surface area (TPSA) is 60.0 Å². The highest BCUT2D eigenvalue weighted by molar-refractivity contribution is 5.73. The average Bonchev–Trinajstić information content (AvgIpc) is 3.03. The van der Waals surface area contributed by atoms with E-state index in [-0.39, 0.29) is 18.9 Å². The minimum absolute atomic E-state index is 0.0556. The van der Waals surface area contributed by atoms with E-state index in [0.29, 0.717) is 13.1 Å². The number of ether oxygens (including phenoxy) is 3. The largest absolute Gasteiger partial charge is 0.454 e. The molecule has 1 unspecified atom stereocenters. The van der Waals surface area contributed by atoms with Crippen LogP contribution in [-0.4, -0.2) is 50.6 Å². The number of rotatable bonds is 5. The molecule has 1 aromatic rings. The molecule has 6 nitrogen and oxygen atoms in total. The lowest BCUT2D eigenvalue weighted by Gasteiger charge is -2.27. The molecule has 1 aromatic carbocycles. The third-order valence-electron chi connectivity index (χ3n) is 4.23. The van der Waals surface area contributed by atoms with Crippen LogP contribution in [0.4, 0.5) is 4.79 Å². The van der Waals surface area contributed by atoms with Crippen LogP contribution >= 0.6 is 0 Å². The highest BCUT2D eigenvalue weighted by atomic mass is 16.7. The summed E-state index contributed by atoms with van der Waals surface area (Å²) in [5.74, 6) is 1.56. The van der Waals surface area contributed by atoms with E-state index in [1.165, 1.54) is 6.42 Å². The van der Waals surface area contributed by atoms with Crippen molar-refractivity contribution in [2.75, 3.05) is 33.5 Å². The number of carbonyl (C=O) groups excluding carboxylic acids is 1. The molecule has 0 bridgehead atoms. The second kappa shape index (κ2) is 7.55. The van der Waals surface area contributed by atoms with Gasteiger partial charge in [-0.25, -0.2) is 4.79 Å². The van der Waals surface area contributed by atoms with Gasteiger partial charge in [0, 0.05) is 26.7 Å². The van der Waals surface area contributed by atoms with Gasteiger partial charge in [0.1, 0.15) is 0 Å². The molecule has 6 heteroatoms. The number of carbonyl (C=O) groups is 1. The van der Waals surface area contributed by atoms with Gasteiger partial charge in [0.25, 0.3) is 0 Å². The van der Waals surface area contributed by atoms with E-state index in [1.54, 1.807) is 4.90 Å². The second-order valence-electron chi connectivity index (χ2n) is 6.04. The Kier molecular flexibility index (Phi) is 5.23. The van der Waals surface area contributed by atoms with Crippen LogP contribution in [0.1, 0.15) is 24.8 Å². The first-order valence-corrected chi connectivity index (χ1v) is 8.21. The molecule has 1 fully saturated rings. The molecule has 2 aliphatic heterocycles. The van der Waals surface area contributed by atoms with Gasteiger partial charge in [-0.3, -0.25) is 0 Å². The van der Waals surface area contributed by atoms with Crippen molar-refractivity contribution in [3.8, 4) is 11.5 Å². The number of hydrogen-bond acceptors (Lipinski definition) is 4. The lowest BCUT2D eigenvalue weighted by molar-refractivity contribution is 0.00388. The Morgan fingerprint density at radius 3 is 3.00 bits per heavy atom. The summed E-state index contributed by atoms with van der Waals surface area (Å²) in [6.45, 7) is 2.33. The van der Waals surface area contributed by atoms with Crippen LogP contribution in [0.2, 0.25) is 0 Å². The number of nitrogens with one attached hydrogen (secondary N) is 1. The fourth-order valence-electron chi connectivity index (χ4n) is 2.88. The molecule has 0 saturated carbocycles. The molecule has 1 atom stereocenters. The van der Waals surface area contributed by atoms with Gasteiger partial charge in [-0.05, 0) is 43.4 Å². The highest BCUT2D eigenvalue weighted by Crippen LogP contribution is 2.32. The highest BCUT2D eigenvalue weighted by Gasteiger charge is 2.18. The number of fused-ring (bicyclic) bond motifs is 1. The summed E-state index contributed by atoms with van der Waals surface area (Å²) in [6.07, 6.45) is 4.28. The van der Waals surface area contributed by atoms with Crippen molar-refractivity contribution in [3.63, 3.8) is 0 Å². The molecule has 126 valence electrons. The maximum absolute atomic E-state index is 12.1. The molecule has 0 aliphatic carbocycles. The maximum atomic E-state index is 12.1. The fraction of sp³-hybridized carbons (Fsp3) is 0.588. The summed E-state index contributed by atoms with van der Waals surface area (Å²) in [4.78, 5) is 13.8. The van der Waals surface area contributed by atoms with Gasteiger partial charge in [0.15, 0.2) is 11.5 Å². The Morgan fingerprint density at radius 2 is 2.17 bits per heavy atom. The van der Waals surface area contributed by atoms with Crippen molar-refractivity contribution in [1.29, 1.82) is 0 Å². The quantitative estimate of drug-likeness (QED) is 0.903. The lowest BCUT2D eigenvalue weighted by atomic mass is 10.1. The van der Waals surface area contributed by atoms with Gasteiger partial charge in [-0.1, -0.05) is 6.07 Å². The molecule has 1 N–H and O–H groups in total. The lowest BCUT2D eigenvalue weighted by Crippen LogP contribution is -2.43. The Morgan fingerprint density at radius 1 is 1.30 bits per heavy atom. The molecule has 0 spiro atoms. The Labute approximate surface area is 136 Å². The standard InChI is InChI=1S/C17H24N2O4/c1-19(11-14-4-2-3-9-21-14)17(20)18-8-7-13-5-6-15-16(10-13)23-12-22-15/h5-6,10,14H,2-4,7-9,11-12H2,1H3,(H,18,20). The van der Waals surface area contributed by atoms with Crippen molar-refractivity contribution < 1.29 is 19.0 Å². The van der Waals surface area contributed by atoms with Crippen LogP contribution in [0.25, 0.3) is 0 Å². The summed E-state index contributed by atoms with van der Waals surface area (Å²) >= 11 is 0. The first-order valence-electron chi connectivity index (χ1n) is 8.21. The molecule has 2 heterocycles. The van der Waals surface area contributed by atoms with Crippen LogP contribution in [0.5, 0.6) is 11.5 Å². The van der Waals surface area contributed by atoms with Crippen molar-refractivity contribution in [2.45, 2.75) is 31.8 Å². The number of nitrogens with zero attached hydrogens (tertiary/aromatic N) is 1. The van der Waals surface area contributed by atoms with Gasteiger partial charge in [0.2, 0.25) is 6.79 Å². The third kappa shape index (κ3) is 4.28. The van der Waals surface area contributed by atoms with Crippen LogP contribution in [0.3, 0.4) is 0 Å². The molecular formula is C17H24N2O4. The summed E-state index contributed by atoms with van der Waals surface area (Å²) < 4.78 is 16.3. The minimum atomic E-state index is -0.0556. The Balaban J connectivity index is 1.40. The summed E-state index contributed by atoms with van der Waals surface area (Å²) in [7, 11) is 1.81. The average molecular weight is 320 g/mol. The zero-order chi connectivity index (χ0) is 16.1. The van der Waals surface area contributed by atoms with Crippen molar-refractivity contribution >= 4 is 6.03 Å². The smallest absolute Gasteiger partial charge is 0.317 e. The molecule has 1 saturated heterocycles. The van der Waals surface area contributed by atoms with Crippen molar-refractivity contribution in [3.05, 3.63) is 23.8 Å². The summed E-state index contributed by atoms with van der Waals surface area (Å²) in [5.41, 5.74) is 1.12. The zero-order valence-corrected chi connectivity index (χ0v) is 13.5. The molecule has 0 aromatic heterocycles. The van der Waals surface area contributed by atoms with Gasteiger partial charge in [0.05, 0.1) is 6.10 Å². The van der Waals surface area contributed by atoms with Gasteiger partial charge in [-0.15, -0.1) is 0 Å². The summed E-state index contributed by atoms with van der Waals surface area (Å²) in [6, 6.07) is 5.82. The van der Waals surface area contributed by atoms with Crippen LogP contribution in [-0.2, 0) is 11.2 Å². The molecule has 23 heavy (non-hydrogen) atoms. The van der Waals surface area contributed by atoms with Gasteiger partial charge >= 0.3 is 6.03 Å². The van der Waals surface area contributed by atoms with E-state index in [4.69, 9.17) is 14.2 Å². The zero-order valence-electron chi connectivity index (χ0n) is 13.5. The minimum Gasteiger partial charge on any atom is -0.454 e. The molecule has 2 amide bonds. The predicted octanol–water partition coefficient (Wildman–Crippen LogP) is 2.17. The third-order valence-corrected chi connectivity index (χ3v) is 4.23. The predicted molar refractivity (Wildman–Crippen MR) is 85.9 cm³/mol. The maximum Gasteiger partial charge on any atom is 0.317 e. The van der Waals surface area contributed by atoms with E-state index in [0.717, 1.165) is 42.9 Å². The first kappa shape index (κ1) is 15.9. The van der Waals surface area contributed by atoms with Crippen LogP contribution in [0, 0.1) is 0 Å². The van der Waals surface area contributed by atoms with Crippen LogP contribution in [0.15, 0.2) is 18.2 Å². The number of benzene rings is 1. The normalized spacial score (nSPS) is 19.4. The van der Waals surface area contributed by atoms with E-state index in [9.17, 15) is 4.79 Å².